The number of aliphatic imine (C=N–C) groups is 1. The SMILES string of the molecule is NC1=NCNc2c1c(Br)nn2C1CC1. The van der Waals surface area contributed by atoms with Crippen molar-refractivity contribution in [2.75, 3.05) is 12.0 Å². The molecular formula is C8H10BrN5. The third kappa shape index (κ3) is 1.06. The maximum Gasteiger partial charge on any atom is 0.141 e. The van der Waals surface area contributed by atoms with Crippen molar-refractivity contribution in [1.82, 2.24) is 9.78 Å². The molecule has 1 aliphatic carbocycles. The molecule has 0 spiro atoms. The molecule has 6 heteroatoms. The molecule has 0 saturated heterocycles. The van der Waals surface area contributed by atoms with Crippen LogP contribution in [0, 0.1) is 0 Å². The number of nitrogens with zero attached hydrogens (tertiary/aromatic N) is 3. The Hall–Kier alpha value is -1.04. The average Bonchev–Trinajstić information content (AvgIpc) is 2.93. The summed E-state index contributed by atoms with van der Waals surface area (Å²) in [6.45, 7) is 0.545. The highest BCUT2D eigenvalue weighted by Gasteiger charge is 2.31. The first-order valence-electron chi connectivity index (χ1n) is 4.59. The predicted molar refractivity (Wildman–Crippen MR) is 57.4 cm³/mol. The van der Waals surface area contributed by atoms with Gasteiger partial charge in [-0.05, 0) is 28.8 Å². The van der Waals surface area contributed by atoms with E-state index < -0.39 is 0 Å². The van der Waals surface area contributed by atoms with Gasteiger partial charge in [-0.3, -0.25) is 0 Å². The average molecular weight is 256 g/mol. The Kier molecular flexibility index (Phi) is 1.61. The van der Waals surface area contributed by atoms with Crippen LogP contribution in [0.25, 0.3) is 0 Å². The Morgan fingerprint density at radius 3 is 3.00 bits per heavy atom. The van der Waals surface area contributed by atoms with Gasteiger partial charge < -0.3 is 11.1 Å². The van der Waals surface area contributed by atoms with Gasteiger partial charge in [-0.1, -0.05) is 0 Å². The first kappa shape index (κ1) is 8.28. The summed E-state index contributed by atoms with van der Waals surface area (Å²) in [4.78, 5) is 4.13. The van der Waals surface area contributed by atoms with Gasteiger partial charge in [-0.2, -0.15) is 5.10 Å². The minimum absolute atomic E-state index is 0.545. The molecule has 1 aromatic rings. The lowest BCUT2D eigenvalue weighted by atomic mass is 10.3. The molecule has 0 amide bonds. The van der Waals surface area contributed by atoms with E-state index in [1.807, 2.05) is 4.68 Å². The molecule has 0 atom stereocenters. The number of anilines is 1. The van der Waals surface area contributed by atoms with Gasteiger partial charge in [0.15, 0.2) is 0 Å². The Balaban J connectivity index is 2.17. The molecule has 1 fully saturated rings. The summed E-state index contributed by atoms with van der Waals surface area (Å²) < 4.78 is 2.80. The summed E-state index contributed by atoms with van der Waals surface area (Å²) in [5.74, 6) is 1.57. The van der Waals surface area contributed by atoms with Crippen molar-refractivity contribution < 1.29 is 0 Å². The third-order valence-electron chi connectivity index (χ3n) is 2.51. The van der Waals surface area contributed by atoms with Crippen LogP contribution in [0.3, 0.4) is 0 Å². The number of nitrogens with two attached hydrogens (primary N) is 1. The van der Waals surface area contributed by atoms with Crippen LogP contribution in [0.1, 0.15) is 24.4 Å². The van der Waals surface area contributed by atoms with E-state index in [1.54, 1.807) is 0 Å². The van der Waals surface area contributed by atoms with Crippen molar-refractivity contribution in [1.29, 1.82) is 0 Å². The van der Waals surface area contributed by atoms with E-state index in [-0.39, 0.29) is 0 Å². The van der Waals surface area contributed by atoms with Gasteiger partial charge in [0, 0.05) is 0 Å². The van der Waals surface area contributed by atoms with Gasteiger partial charge in [-0.25, -0.2) is 9.67 Å². The third-order valence-corrected chi connectivity index (χ3v) is 3.07. The Morgan fingerprint density at radius 2 is 2.29 bits per heavy atom. The number of hydrogen-bond donors (Lipinski definition) is 2. The molecule has 0 aromatic carbocycles. The van der Waals surface area contributed by atoms with E-state index in [1.165, 1.54) is 12.8 Å². The van der Waals surface area contributed by atoms with Gasteiger partial charge in [-0.15, -0.1) is 0 Å². The van der Waals surface area contributed by atoms with Gasteiger partial charge in [0.25, 0.3) is 0 Å². The highest BCUT2D eigenvalue weighted by Crippen LogP contribution is 2.40. The number of halogens is 1. The zero-order chi connectivity index (χ0) is 9.71. The molecule has 3 N–H and O–H groups in total. The van der Waals surface area contributed by atoms with E-state index in [4.69, 9.17) is 5.73 Å². The van der Waals surface area contributed by atoms with Crippen LogP contribution in [0.4, 0.5) is 5.82 Å². The van der Waals surface area contributed by atoms with Crippen molar-refractivity contribution in [3.05, 3.63) is 10.2 Å². The van der Waals surface area contributed by atoms with E-state index >= 15 is 0 Å². The predicted octanol–water partition coefficient (Wildman–Crippen LogP) is 1.07. The second-order valence-electron chi connectivity index (χ2n) is 3.57. The lowest BCUT2D eigenvalue weighted by molar-refractivity contribution is 0.642. The first-order chi connectivity index (χ1) is 6.77. The van der Waals surface area contributed by atoms with Crippen LogP contribution < -0.4 is 11.1 Å². The van der Waals surface area contributed by atoms with E-state index in [0.29, 0.717) is 18.5 Å². The molecule has 74 valence electrons. The van der Waals surface area contributed by atoms with Crippen LogP contribution in [0.2, 0.25) is 0 Å². The number of fused-ring (bicyclic) bond motifs is 1. The van der Waals surface area contributed by atoms with Gasteiger partial charge in [0.05, 0.1) is 11.6 Å². The van der Waals surface area contributed by atoms with E-state index in [0.717, 1.165) is 16.0 Å². The van der Waals surface area contributed by atoms with E-state index in [9.17, 15) is 0 Å². The number of rotatable bonds is 1. The fourth-order valence-corrected chi connectivity index (χ4v) is 2.23. The largest absolute Gasteiger partial charge is 0.383 e. The topological polar surface area (TPSA) is 68.2 Å². The summed E-state index contributed by atoms with van der Waals surface area (Å²) in [7, 11) is 0. The second-order valence-corrected chi connectivity index (χ2v) is 4.32. The van der Waals surface area contributed by atoms with Gasteiger partial charge >= 0.3 is 0 Å². The summed E-state index contributed by atoms with van der Waals surface area (Å²) in [6.07, 6.45) is 2.42. The van der Waals surface area contributed by atoms with Crippen molar-refractivity contribution in [2.24, 2.45) is 10.7 Å². The maximum atomic E-state index is 5.81. The minimum atomic E-state index is 0.545. The molecule has 2 aliphatic rings. The van der Waals surface area contributed by atoms with Crippen molar-refractivity contribution in [3.63, 3.8) is 0 Å². The number of amidine groups is 1. The van der Waals surface area contributed by atoms with Crippen LogP contribution >= 0.6 is 15.9 Å². The van der Waals surface area contributed by atoms with Crippen molar-refractivity contribution >= 4 is 27.6 Å². The maximum absolute atomic E-state index is 5.81. The molecular weight excluding hydrogens is 246 g/mol. The molecule has 14 heavy (non-hydrogen) atoms. The number of aromatic nitrogens is 2. The van der Waals surface area contributed by atoms with Gasteiger partial charge in [0.2, 0.25) is 0 Å². The lowest BCUT2D eigenvalue weighted by Gasteiger charge is -2.13. The molecule has 1 aliphatic heterocycles. The molecule has 1 saturated carbocycles. The van der Waals surface area contributed by atoms with Crippen molar-refractivity contribution in [3.8, 4) is 0 Å². The Morgan fingerprint density at radius 1 is 1.50 bits per heavy atom. The number of hydrogen-bond acceptors (Lipinski definition) is 4. The zero-order valence-electron chi connectivity index (χ0n) is 7.50. The van der Waals surface area contributed by atoms with Crippen LogP contribution in [-0.4, -0.2) is 22.3 Å². The Labute approximate surface area is 89.5 Å². The zero-order valence-corrected chi connectivity index (χ0v) is 9.08. The summed E-state index contributed by atoms with van der Waals surface area (Å²) in [6, 6.07) is 0.549. The minimum Gasteiger partial charge on any atom is -0.383 e. The normalized spacial score (nSPS) is 19.9. The first-order valence-corrected chi connectivity index (χ1v) is 5.39. The smallest absolute Gasteiger partial charge is 0.141 e. The molecule has 5 nitrogen and oxygen atoms in total. The van der Waals surface area contributed by atoms with Crippen LogP contribution in [0.5, 0.6) is 0 Å². The molecule has 2 heterocycles. The summed E-state index contributed by atoms with van der Waals surface area (Å²) >= 11 is 3.41. The molecule has 0 unspecified atom stereocenters. The van der Waals surface area contributed by atoms with Gasteiger partial charge in [0.1, 0.15) is 22.9 Å². The van der Waals surface area contributed by atoms with Crippen LogP contribution in [-0.2, 0) is 0 Å². The molecule has 1 aromatic heterocycles. The number of nitrogens with one attached hydrogen (secondary N) is 1. The lowest BCUT2D eigenvalue weighted by Crippen LogP contribution is -2.23. The molecule has 0 radical (unpaired) electrons. The Bertz CT molecular complexity index is 418. The van der Waals surface area contributed by atoms with E-state index in [2.05, 4.69) is 31.3 Å². The van der Waals surface area contributed by atoms with Crippen molar-refractivity contribution in [2.45, 2.75) is 18.9 Å². The second kappa shape index (κ2) is 2.73. The highest BCUT2D eigenvalue weighted by molar-refractivity contribution is 9.10. The monoisotopic (exact) mass is 255 g/mol. The fourth-order valence-electron chi connectivity index (χ4n) is 1.67. The highest BCUT2D eigenvalue weighted by atomic mass is 79.9. The standard InChI is InChI=1S/C8H10BrN5/c9-6-5-7(10)11-3-12-8(5)14(13-6)4-1-2-4/h4,12H,1-3H2,(H2,10,11). The quantitative estimate of drug-likeness (QED) is 0.789. The fraction of sp³-hybridized carbons (Fsp3) is 0.500. The summed E-state index contributed by atoms with van der Waals surface area (Å²) in [5.41, 5.74) is 6.71. The summed E-state index contributed by atoms with van der Waals surface area (Å²) in [5, 5.41) is 7.62. The molecule has 3 rings (SSSR count). The molecule has 0 bridgehead atoms. The van der Waals surface area contributed by atoms with Crippen LogP contribution in [0.15, 0.2) is 9.60 Å².